The Hall–Kier alpha value is -2.74. The first-order valence-corrected chi connectivity index (χ1v) is 7.24. The van der Waals surface area contributed by atoms with E-state index in [0.717, 1.165) is 0 Å². The van der Waals surface area contributed by atoms with Crippen LogP contribution in [0, 0.1) is 0 Å². The predicted molar refractivity (Wildman–Crippen MR) is 84.6 cm³/mol. The maximum atomic E-state index is 12.0. The van der Waals surface area contributed by atoms with Crippen molar-refractivity contribution in [3.05, 3.63) is 35.6 Å². The van der Waals surface area contributed by atoms with Gasteiger partial charge < -0.3 is 4.74 Å². The van der Waals surface area contributed by atoms with Crippen LogP contribution in [0.4, 0.5) is 10.5 Å². The average Bonchev–Trinajstić information content (AvgIpc) is 2.92. The predicted octanol–water partition coefficient (Wildman–Crippen LogP) is 3.07. The van der Waals surface area contributed by atoms with Gasteiger partial charge in [0.1, 0.15) is 0 Å². The van der Waals surface area contributed by atoms with E-state index in [0.29, 0.717) is 11.3 Å². The summed E-state index contributed by atoms with van der Waals surface area (Å²) in [6.07, 6.45) is -0.702. The molecular formula is C14H13ClN6O2. The van der Waals surface area contributed by atoms with Crippen LogP contribution in [-0.2, 0) is 0 Å². The van der Waals surface area contributed by atoms with Gasteiger partial charge in [-0.25, -0.2) is 9.48 Å². The van der Waals surface area contributed by atoms with Crippen LogP contribution in [0.25, 0.3) is 11.2 Å². The van der Waals surface area contributed by atoms with Crippen LogP contribution >= 0.6 is 11.6 Å². The Morgan fingerprint density at radius 1 is 1.26 bits per heavy atom. The molecule has 0 fully saturated rings. The van der Waals surface area contributed by atoms with Crippen LogP contribution in [0.3, 0.4) is 0 Å². The minimum Gasteiger partial charge on any atom is -0.388 e. The number of rotatable bonds is 3. The van der Waals surface area contributed by atoms with Gasteiger partial charge in [0.2, 0.25) is 5.28 Å². The fraction of sp³-hybridized carbons (Fsp3) is 0.214. The van der Waals surface area contributed by atoms with Crippen molar-refractivity contribution in [2.75, 3.05) is 5.32 Å². The molecular weight excluding hydrogens is 320 g/mol. The molecule has 0 aliphatic heterocycles. The number of carbonyl (C=O) groups excluding carboxylic acids is 1. The normalized spacial score (nSPS) is 11.0. The smallest absolute Gasteiger partial charge is 0.388 e. The maximum absolute atomic E-state index is 12.0. The summed E-state index contributed by atoms with van der Waals surface area (Å²) in [6, 6.07) is 8.93. The molecule has 118 valence electrons. The first-order chi connectivity index (χ1) is 11.0. The quantitative estimate of drug-likeness (QED) is 0.741. The number of aromatic nitrogens is 5. The van der Waals surface area contributed by atoms with Gasteiger partial charge in [-0.15, -0.1) is 5.10 Å². The zero-order valence-corrected chi connectivity index (χ0v) is 13.2. The number of hydrogen-bond donors (Lipinski definition) is 1. The summed E-state index contributed by atoms with van der Waals surface area (Å²) >= 11 is 5.90. The maximum Gasteiger partial charge on any atom is 0.418 e. The van der Waals surface area contributed by atoms with E-state index in [1.807, 2.05) is 19.9 Å². The number of anilines is 1. The van der Waals surface area contributed by atoms with E-state index in [9.17, 15) is 4.79 Å². The molecule has 3 rings (SSSR count). The lowest BCUT2D eigenvalue weighted by Crippen LogP contribution is -2.17. The third kappa shape index (κ3) is 3.21. The molecule has 0 saturated carbocycles. The largest absolute Gasteiger partial charge is 0.418 e. The van der Waals surface area contributed by atoms with Crippen molar-refractivity contribution in [1.82, 2.24) is 25.0 Å². The van der Waals surface area contributed by atoms with Crippen molar-refractivity contribution in [1.29, 1.82) is 0 Å². The van der Waals surface area contributed by atoms with Gasteiger partial charge in [-0.2, -0.15) is 9.97 Å². The number of amides is 1. The number of nitrogens with zero attached hydrogens (tertiary/aromatic N) is 5. The summed E-state index contributed by atoms with van der Waals surface area (Å²) in [5.41, 5.74) is 1.27. The molecule has 1 N–H and O–H groups in total. The topological polar surface area (TPSA) is 94.8 Å². The van der Waals surface area contributed by atoms with Crippen LogP contribution in [-0.4, -0.2) is 31.1 Å². The standard InChI is InChI=1S/C14H13ClN6O2/c1-8(2)21-11-10(19-20-21)12(18-13(15)17-11)23-14(22)16-9-6-4-3-5-7-9/h3-8H,1-2H3,(H,16,22). The average molecular weight is 333 g/mol. The molecule has 23 heavy (non-hydrogen) atoms. The third-order valence-electron chi connectivity index (χ3n) is 2.96. The van der Waals surface area contributed by atoms with Crippen molar-refractivity contribution in [3.63, 3.8) is 0 Å². The number of benzene rings is 1. The SMILES string of the molecule is CC(C)n1nnc2c(OC(=O)Nc3ccccc3)nc(Cl)nc21. The molecule has 9 heteroatoms. The summed E-state index contributed by atoms with van der Waals surface area (Å²) in [5.74, 6) is -0.0414. The number of para-hydroxylation sites is 1. The highest BCUT2D eigenvalue weighted by molar-refractivity contribution is 6.28. The van der Waals surface area contributed by atoms with Gasteiger partial charge in [0.25, 0.3) is 5.88 Å². The molecule has 2 heterocycles. The molecule has 3 aromatic rings. The number of ether oxygens (including phenoxy) is 1. The zero-order valence-electron chi connectivity index (χ0n) is 12.4. The van der Waals surface area contributed by atoms with Crippen LogP contribution in [0.2, 0.25) is 5.28 Å². The van der Waals surface area contributed by atoms with Gasteiger partial charge >= 0.3 is 6.09 Å². The van der Waals surface area contributed by atoms with Crippen LogP contribution in [0.15, 0.2) is 30.3 Å². The number of fused-ring (bicyclic) bond motifs is 1. The van der Waals surface area contributed by atoms with Crippen LogP contribution < -0.4 is 10.1 Å². The van der Waals surface area contributed by atoms with E-state index in [4.69, 9.17) is 16.3 Å². The highest BCUT2D eigenvalue weighted by Gasteiger charge is 2.19. The Kier molecular flexibility index (Phi) is 4.07. The summed E-state index contributed by atoms with van der Waals surface area (Å²) in [6.45, 7) is 3.85. The van der Waals surface area contributed by atoms with Gasteiger partial charge in [0.05, 0.1) is 6.04 Å². The zero-order chi connectivity index (χ0) is 16.4. The minimum atomic E-state index is -0.702. The molecule has 1 amide bonds. The van der Waals surface area contributed by atoms with Gasteiger partial charge in [0, 0.05) is 5.69 Å². The fourth-order valence-electron chi connectivity index (χ4n) is 1.95. The molecule has 8 nitrogen and oxygen atoms in total. The second kappa shape index (κ2) is 6.17. The first kappa shape index (κ1) is 15.2. The summed E-state index contributed by atoms with van der Waals surface area (Å²) in [5, 5.41) is 10.5. The van der Waals surface area contributed by atoms with Crippen LogP contribution in [0.1, 0.15) is 19.9 Å². The molecule has 0 unspecified atom stereocenters. The number of hydrogen-bond acceptors (Lipinski definition) is 6. The molecule has 0 radical (unpaired) electrons. The Morgan fingerprint density at radius 3 is 2.70 bits per heavy atom. The van der Waals surface area contributed by atoms with Crippen molar-refractivity contribution in [3.8, 4) is 5.88 Å². The number of halogens is 1. The Labute approximate surface area is 136 Å². The third-order valence-corrected chi connectivity index (χ3v) is 3.13. The Bertz CT molecular complexity index is 849. The minimum absolute atomic E-state index is 0.0250. The Balaban J connectivity index is 1.89. The first-order valence-electron chi connectivity index (χ1n) is 6.87. The van der Waals surface area contributed by atoms with Crippen molar-refractivity contribution < 1.29 is 9.53 Å². The molecule has 0 atom stereocenters. The second-order valence-corrected chi connectivity index (χ2v) is 5.32. The van der Waals surface area contributed by atoms with E-state index in [1.165, 1.54) is 0 Å². The summed E-state index contributed by atoms with van der Waals surface area (Å²) in [7, 11) is 0. The van der Waals surface area contributed by atoms with E-state index < -0.39 is 6.09 Å². The summed E-state index contributed by atoms with van der Waals surface area (Å²) in [4.78, 5) is 20.0. The van der Waals surface area contributed by atoms with Crippen LogP contribution in [0.5, 0.6) is 5.88 Å². The van der Waals surface area contributed by atoms with E-state index in [1.54, 1.807) is 28.9 Å². The molecule has 0 aliphatic rings. The van der Waals surface area contributed by atoms with Gasteiger partial charge in [-0.3, -0.25) is 5.32 Å². The summed E-state index contributed by atoms with van der Waals surface area (Å²) < 4.78 is 6.78. The molecule has 0 bridgehead atoms. The Morgan fingerprint density at radius 2 is 2.00 bits per heavy atom. The number of nitrogens with one attached hydrogen (secondary N) is 1. The molecule has 2 aromatic heterocycles. The van der Waals surface area contributed by atoms with E-state index >= 15 is 0 Å². The lowest BCUT2D eigenvalue weighted by molar-refractivity contribution is 0.214. The van der Waals surface area contributed by atoms with Crippen molar-refractivity contribution in [2.45, 2.75) is 19.9 Å². The molecule has 0 saturated heterocycles. The second-order valence-electron chi connectivity index (χ2n) is 4.98. The van der Waals surface area contributed by atoms with Gasteiger partial charge in [0.15, 0.2) is 11.2 Å². The lowest BCUT2D eigenvalue weighted by Gasteiger charge is -2.07. The van der Waals surface area contributed by atoms with Crippen molar-refractivity contribution >= 4 is 34.5 Å². The molecule has 0 spiro atoms. The molecule has 1 aromatic carbocycles. The molecule has 0 aliphatic carbocycles. The van der Waals surface area contributed by atoms with Gasteiger partial charge in [-0.1, -0.05) is 23.4 Å². The fourth-order valence-corrected chi connectivity index (χ4v) is 2.11. The highest BCUT2D eigenvalue weighted by Crippen LogP contribution is 2.24. The lowest BCUT2D eigenvalue weighted by atomic mass is 10.3. The van der Waals surface area contributed by atoms with E-state index in [2.05, 4.69) is 25.6 Å². The number of carbonyl (C=O) groups is 1. The highest BCUT2D eigenvalue weighted by atomic mass is 35.5. The van der Waals surface area contributed by atoms with E-state index in [-0.39, 0.29) is 22.7 Å². The van der Waals surface area contributed by atoms with Gasteiger partial charge in [-0.05, 0) is 37.6 Å². The van der Waals surface area contributed by atoms with Crippen molar-refractivity contribution in [2.24, 2.45) is 0 Å². The monoisotopic (exact) mass is 332 g/mol.